The number of ether oxygens (including phenoxy) is 1. The predicted molar refractivity (Wildman–Crippen MR) is 66.3 cm³/mol. The van der Waals surface area contributed by atoms with Crippen molar-refractivity contribution in [2.75, 3.05) is 7.05 Å². The van der Waals surface area contributed by atoms with Crippen molar-refractivity contribution in [3.05, 3.63) is 29.8 Å². The zero-order chi connectivity index (χ0) is 10.4. The SMILES string of the molecule is CN1C(=S)S[C@H]2Cc3ccccc3O[C@@H]21. The zero-order valence-corrected chi connectivity index (χ0v) is 9.98. The molecular weight excluding hydrogens is 226 g/mol. The molecule has 1 fully saturated rings. The van der Waals surface area contributed by atoms with Gasteiger partial charge in [-0.25, -0.2) is 0 Å². The standard InChI is InChI=1S/C11H11NOS2/c1-12-10-9(15-11(12)14)6-7-4-2-3-5-8(7)13-10/h2-5,9-10H,6H2,1H3/t9-,10-/m0/s1. The van der Waals surface area contributed by atoms with Crippen LogP contribution >= 0.6 is 24.0 Å². The Hall–Kier alpha value is -0.740. The Morgan fingerprint density at radius 3 is 3.13 bits per heavy atom. The van der Waals surface area contributed by atoms with Crippen molar-refractivity contribution in [3.63, 3.8) is 0 Å². The number of thiocarbonyl (C=S) groups is 1. The smallest absolute Gasteiger partial charge is 0.185 e. The molecule has 2 nitrogen and oxygen atoms in total. The second-order valence-electron chi connectivity index (χ2n) is 3.85. The molecule has 4 heteroatoms. The quantitative estimate of drug-likeness (QED) is 0.641. The van der Waals surface area contributed by atoms with Crippen LogP contribution in [-0.2, 0) is 6.42 Å². The highest BCUT2D eigenvalue weighted by Crippen LogP contribution is 2.39. The van der Waals surface area contributed by atoms with E-state index in [0.717, 1.165) is 16.5 Å². The number of hydrogen-bond acceptors (Lipinski definition) is 3. The monoisotopic (exact) mass is 237 g/mol. The van der Waals surface area contributed by atoms with Gasteiger partial charge in [0.1, 0.15) is 10.1 Å². The highest BCUT2D eigenvalue weighted by molar-refractivity contribution is 8.23. The van der Waals surface area contributed by atoms with E-state index >= 15 is 0 Å². The topological polar surface area (TPSA) is 12.5 Å². The summed E-state index contributed by atoms with van der Waals surface area (Å²) in [7, 11) is 2.01. The molecule has 0 bridgehead atoms. The van der Waals surface area contributed by atoms with Crippen LogP contribution in [0.3, 0.4) is 0 Å². The van der Waals surface area contributed by atoms with E-state index in [-0.39, 0.29) is 6.23 Å². The van der Waals surface area contributed by atoms with E-state index in [9.17, 15) is 0 Å². The van der Waals surface area contributed by atoms with Crippen LogP contribution in [0.1, 0.15) is 5.56 Å². The Balaban J connectivity index is 1.96. The first-order chi connectivity index (χ1) is 7.25. The van der Waals surface area contributed by atoms with E-state index in [4.69, 9.17) is 17.0 Å². The van der Waals surface area contributed by atoms with Crippen LogP contribution in [0.5, 0.6) is 5.75 Å². The van der Waals surface area contributed by atoms with Crippen molar-refractivity contribution in [2.24, 2.45) is 0 Å². The highest BCUT2D eigenvalue weighted by atomic mass is 32.2. The zero-order valence-electron chi connectivity index (χ0n) is 8.34. The van der Waals surface area contributed by atoms with Crippen molar-refractivity contribution in [3.8, 4) is 5.75 Å². The molecule has 0 aromatic heterocycles. The van der Waals surface area contributed by atoms with E-state index in [0.29, 0.717) is 5.25 Å². The Kier molecular flexibility index (Phi) is 2.14. The van der Waals surface area contributed by atoms with Crippen LogP contribution in [0.25, 0.3) is 0 Å². The number of benzene rings is 1. The second-order valence-corrected chi connectivity index (χ2v) is 5.73. The Morgan fingerprint density at radius 2 is 2.27 bits per heavy atom. The summed E-state index contributed by atoms with van der Waals surface area (Å²) >= 11 is 7.03. The third-order valence-corrected chi connectivity index (χ3v) is 4.65. The molecule has 3 rings (SSSR count). The lowest BCUT2D eigenvalue weighted by molar-refractivity contribution is 0.0896. The van der Waals surface area contributed by atoms with Gasteiger partial charge < -0.3 is 9.64 Å². The van der Waals surface area contributed by atoms with Gasteiger partial charge in [-0.15, -0.1) is 0 Å². The van der Waals surface area contributed by atoms with E-state index in [1.807, 2.05) is 19.2 Å². The molecule has 0 amide bonds. The number of para-hydroxylation sites is 1. The van der Waals surface area contributed by atoms with Gasteiger partial charge in [0, 0.05) is 7.05 Å². The van der Waals surface area contributed by atoms with Crippen LogP contribution in [0.15, 0.2) is 24.3 Å². The first-order valence-electron chi connectivity index (χ1n) is 4.94. The lowest BCUT2D eigenvalue weighted by Gasteiger charge is -2.30. The number of rotatable bonds is 0. The van der Waals surface area contributed by atoms with Crippen molar-refractivity contribution in [1.82, 2.24) is 4.90 Å². The van der Waals surface area contributed by atoms with Gasteiger partial charge in [0.05, 0.1) is 5.25 Å². The van der Waals surface area contributed by atoms with E-state index in [1.165, 1.54) is 5.56 Å². The summed E-state index contributed by atoms with van der Waals surface area (Å²) in [6, 6.07) is 8.24. The van der Waals surface area contributed by atoms with Gasteiger partial charge in [0.25, 0.3) is 0 Å². The average molecular weight is 237 g/mol. The molecular formula is C11H11NOS2. The summed E-state index contributed by atoms with van der Waals surface area (Å²) in [6.45, 7) is 0. The fourth-order valence-corrected chi connectivity index (χ4v) is 3.68. The lowest BCUT2D eigenvalue weighted by Crippen LogP contribution is -2.41. The summed E-state index contributed by atoms with van der Waals surface area (Å²) in [5.41, 5.74) is 1.30. The third kappa shape index (κ3) is 1.43. The summed E-state index contributed by atoms with van der Waals surface area (Å²) in [6.07, 6.45) is 1.17. The predicted octanol–water partition coefficient (Wildman–Crippen LogP) is 2.28. The maximum atomic E-state index is 5.96. The molecule has 2 atom stereocenters. The van der Waals surface area contributed by atoms with Crippen molar-refractivity contribution in [2.45, 2.75) is 17.9 Å². The van der Waals surface area contributed by atoms with Crippen molar-refractivity contribution in [1.29, 1.82) is 0 Å². The van der Waals surface area contributed by atoms with Crippen LogP contribution in [-0.4, -0.2) is 27.7 Å². The van der Waals surface area contributed by atoms with Crippen LogP contribution < -0.4 is 4.74 Å². The summed E-state index contributed by atoms with van der Waals surface area (Å²) < 4.78 is 6.90. The Bertz CT molecular complexity index is 421. The molecule has 78 valence electrons. The molecule has 0 aliphatic carbocycles. The summed E-state index contributed by atoms with van der Waals surface area (Å²) in [5.74, 6) is 1.01. The molecule has 2 heterocycles. The molecule has 1 saturated heterocycles. The Labute approximate surface area is 98.6 Å². The maximum Gasteiger partial charge on any atom is 0.185 e. The van der Waals surface area contributed by atoms with Gasteiger partial charge in [-0.1, -0.05) is 42.2 Å². The van der Waals surface area contributed by atoms with Crippen LogP contribution in [0.4, 0.5) is 0 Å². The van der Waals surface area contributed by atoms with E-state index < -0.39 is 0 Å². The maximum absolute atomic E-state index is 5.96. The molecule has 1 aromatic rings. The molecule has 0 spiro atoms. The second kappa shape index (κ2) is 3.39. The molecule has 2 aliphatic rings. The van der Waals surface area contributed by atoms with Crippen LogP contribution in [0, 0.1) is 0 Å². The molecule has 2 aliphatic heterocycles. The third-order valence-electron chi connectivity index (χ3n) is 2.88. The number of hydrogen-bond donors (Lipinski definition) is 0. The van der Waals surface area contributed by atoms with Gasteiger partial charge >= 0.3 is 0 Å². The summed E-state index contributed by atoms with van der Waals surface area (Å²) in [5, 5.41) is 0.456. The largest absolute Gasteiger partial charge is 0.469 e. The van der Waals surface area contributed by atoms with Gasteiger partial charge in [-0.05, 0) is 18.1 Å². The molecule has 0 N–H and O–H groups in total. The number of fused-ring (bicyclic) bond motifs is 2. The highest BCUT2D eigenvalue weighted by Gasteiger charge is 2.41. The average Bonchev–Trinajstić information content (AvgIpc) is 2.52. The Morgan fingerprint density at radius 1 is 1.47 bits per heavy atom. The van der Waals surface area contributed by atoms with Crippen molar-refractivity contribution < 1.29 is 4.74 Å². The fourth-order valence-electron chi connectivity index (χ4n) is 2.06. The fraction of sp³-hybridized carbons (Fsp3) is 0.364. The summed E-state index contributed by atoms with van der Waals surface area (Å²) in [4.78, 5) is 2.06. The van der Waals surface area contributed by atoms with Gasteiger partial charge in [0.15, 0.2) is 6.23 Å². The minimum absolute atomic E-state index is 0.123. The lowest BCUT2D eigenvalue weighted by atomic mass is 10.0. The first kappa shape index (κ1) is 9.48. The van der Waals surface area contributed by atoms with E-state index in [1.54, 1.807) is 11.8 Å². The van der Waals surface area contributed by atoms with E-state index in [2.05, 4.69) is 17.0 Å². The molecule has 1 aromatic carbocycles. The molecule has 15 heavy (non-hydrogen) atoms. The van der Waals surface area contributed by atoms with Gasteiger partial charge in [-0.2, -0.15) is 0 Å². The minimum atomic E-state index is 0.123. The van der Waals surface area contributed by atoms with Crippen LogP contribution in [0.2, 0.25) is 0 Å². The van der Waals surface area contributed by atoms with Gasteiger partial charge in [-0.3, -0.25) is 0 Å². The first-order valence-corrected chi connectivity index (χ1v) is 6.22. The van der Waals surface area contributed by atoms with Gasteiger partial charge in [0.2, 0.25) is 0 Å². The van der Waals surface area contributed by atoms with Crippen molar-refractivity contribution >= 4 is 28.3 Å². The molecule has 0 unspecified atom stereocenters. The molecule has 0 radical (unpaired) electrons. The number of thioether (sulfide) groups is 1. The molecule has 0 saturated carbocycles. The number of nitrogens with zero attached hydrogens (tertiary/aromatic N) is 1. The minimum Gasteiger partial charge on any atom is -0.469 e. The normalized spacial score (nSPS) is 28.3.